The minimum atomic E-state index is -3.58. The minimum Gasteiger partial charge on any atom is -0.348 e. The molecule has 156 valence electrons. The molecular weight excluding hydrogens is 468 g/mol. The number of hydrogen-bond donors (Lipinski definition) is 2. The van der Waals surface area contributed by atoms with E-state index in [1.807, 2.05) is 30.3 Å². The lowest BCUT2D eigenvalue weighted by atomic mass is 10.1. The third kappa shape index (κ3) is 4.33. The Bertz CT molecular complexity index is 1140. The van der Waals surface area contributed by atoms with Crippen molar-refractivity contribution in [1.29, 1.82) is 0 Å². The highest BCUT2D eigenvalue weighted by atomic mass is 79.9. The number of rotatable bonds is 6. The predicted molar refractivity (Wildman–Crippen MR) is 117 cm³/mol. The van der Waals surface area contributed by atoms with Crippen molar-refractivity contribution in [3.05, 3.63) is 70.3 Å². The molecule has 1 aromatic heterocycles. The van der Waals surface area contributed by atoms with Crippen LogP contribution >= 0.6 is 15.9 Å². The standard InChI is InChI=1S/C21H21BrN4O3S/c22-19-8-7-17(30(28,29)26-11-1-2-12-26)13-18(19)21(27)23-14-15-3-5-16(6-4-15)20-9-10-24-25-20/h3-10,13H,1-2,11-12,14H2,(H,23,27)(H,24,25). The predicted octanol–water partition coefficient (Wildman–Crippen LogP) is 3.55. The van der Waals surface area contributed by atoms with Gasteiger partial charge < -0.3 is 5.32 Å². The van der Waals surface area contributed by atoms with Crippen LogP contribution in [0.4, 0.5) is 0 Å². The van der Waals surface area contributed by atoms with Crippen LogP contribution in [-0.4, -0.2) is 41.9 Å². The maximum absolute atomic E-state index is 12.8. The van der Waals surface area contributed by atoms with Gasteiger partial charge in [-0.3, -0.25) is 9.89 Å². The third-order valence-corrected chi connectivity index (χ3v) is 7.69. The van der Waals surface area contributed by atoms with Gasteiger partial charge in [0, 0.05) is 30.3 Å². The molecule has 0 saturated carbocycles. The van der Waals surface area contributed by atoms with Gasteiger partial charge in [0.05, 0.1) is 16.2 Å². The van der Waals surface area contributed by atoms with Gasteiger partial charge in [0.15, 0.2) is 0 Å². The number of carbonyl (C=O) groups excluding carboxylic acids is 1. The molecule has 30 heavy (non-hydrogen) atoms. The molecule has 3 aromatic rings. The molecule has 0 spiro atoms. The van der Waals surface area contributed by atoms with Crippen molar-refractivity contribution in [3.8, 4) is 11.3 Å². The first-order valence-electron chi connectivity index (χ1n) is 9.62. The highest BCUT2D eigenvalue weighted by Crippen LogP contribution is 2.25. The van der Waals surface area contributed by atoms with E-state index in [0.29, 0.717) is 29.7 Å². The van der Waals surface area contributed by atoms with E-state index in [9.17, 15) is 13.2 Å². The number of aromatic amines is 1. The lowest BCUT2D eigenvalue weighted by Gasteiger charge is -2.16. The van der Waals surface area contributed by atoms with Crippen molar-refractivity contribution in [1.82, 2.24) is 19.8 Å². The lowest BCUT2D eigenvalue weighted by Crippen LogP contribution is -2.28. The van der Waals surface area contributed by atoms with E-state index in [1.165, 1.54) is 16.4 Å². The number of benzene rings is 2. The monoisotopic (exact) mass is 488 g/mol. The molecule has 1 aliphatic rings. The Kier molecular flexibility index (Phi) is 6.03. The van der Waals surface area contributed by atoms with E-state index in [-0.39, 0.29) is 10.8 Å². The Morgan fingerprint density at radius 2 is 1.83 bits per heavy atom. The Balaban J connectivity index is 1.47. The van der Waals surface area contributed by atoms with Gasteiger partial charge in [-0.1, -0.05) is 24.3 Å². The second-order valence-corrected chi connectivity index (χ2v) is 9.90. The fourth-order valence-corrected chi connectivity index (χ4v) is 5.38. The lowest BCUT2D eigenvalue weighted by molar-refractivity contribution is 0.0950. The zero-order chi connectivity index (χ0) is 21.1. The average Bonchev–Trinajstić information content (AvgIpc) is 3.47. The van der Waals surface area contributed by atoms with Gasteiger partial charge in [-0.05, 0) is 64.2 Å². The molecular formula is C21H21BrN4O3S. The zero-order valence-corrected chi connectivity index (χ0v) is 18.5. The molecule has 2 N–H and O–H groups in total. The summed E-state index contributed by atoms with van der Waals surface area (Å²) >= 11 is 3.36. The first-order chi connectivity index (χ1) is 14.4. The van der Waals surface area contributed by atoms with Gasteiger partial charge in [-0.25, -0.2) is 8.42 Å². The van der Waals surface area contributed by atoms with E-state index in [2.05, 4.69) is 31.4 Å². The van der Waals surface area contributed by atoms with Crippen LogP contribution in [0.1, 0.15) is 28.8 Å². The average molecular weight is 489 g/mol. The first kappa shape index (κ1) is 20.8. The number of sulfonamides is 1. The number of amides is 1. The van der Waals surface area contributed by atoms with Crippen LogP contribution in [0, 0.1) is 0 Å². The minimum absolute atomic E-state index is 0.140. The Hall–Kier alpha value is -2.49. The molecule has 0 atom stereocenters. The Labute approximate surface area is 183 Å². The summed E-state index contributed by atoms with van der Waals surface area (Å²) in [7, 11) is -3.58. The SMILES string of the molecule is O=C(NCc1ccc(-c2ccn[nH]2)cc1)c1cc(S(=O)(=O)N2CCCC2)ccc1Br. The summed E-state index contributed by atoms with van der Waals surface area (Å²) in [6, 6.07) is 14.2. The van der Waals surface area contributed by atoms with Crippen molar-refractivity contribution in [3.63, 3.8) is 0 Å². The Morgan fingerprint density at radius 3 is 2.50 bits per heavy atom. The molecule has 0 radical (unpaired) electrons. The van der Waals surface area contributed by atoms with Gasteiger partial charge in [-0.2, -0.15) is 9.40 Å². The maximum Gasteiger partial charge on any atom is 0.252 e. The largest absolute Gasteiger partial charge is 0.348 e. The summed E-state index contributed by atoms with van der Waals surface area (Å²) in [5, 5.41) is 9.71. The summed E-state index contributed by atoms with van der Waals surface area (Å²) < 4.78 is 27.6. The molecule has 9 heteroatoms. The highest BCUT2D eigenvalue weighted by molar-refractivity contribution is 9.10. The number of nitrogens with one attached hydrogen (secondary N) is 2. The smallest absolute Gasteiger partial charge is 0.252 e. The van der Waals surface area contributed by atoms with Crippen molar-refractivity contribution < 1.29 is 13.2 Å². The summed E-state index contributed by atoms with van der Waals surface area (Å²) in [5.74, 6) is -0.335. The highest BCUT2D eigenvalue weighted by Gasteiger charge is 2.28. The number of halogens is 1. The van der Waals surface area contributed by atoms with Crippen molar-refractivity contribution >= 4 is 31.9 Å². The van der Waals surface area contributed by atoms with E-state index >= 15 is 0 Å². The number of carbonyl (C=O) groups is 1. The normalized spacial score (nSPS) is 14.7. The number of hydrogen-bond acceptors (Lipinski definition) is 4. The molecule has 2 aromatic carbocycles. The van der Waals surface area contributed by atoms with Crippen LogP contribution in [0.3, 0.4) is 0 Å². The van der Waals surface area contributed by atoms with E-state index in [1.54, 1.807) is 12.3 Å². The number of aromatic nitrogens is 2. The quantitative estimate of drug-likeness (QED) is 0.554. The van der Waals surface area contributed by atoms with Crippen LogP contribution in [0.25, 0.3) is 11.3 Å². The number of H-pyrrole nitrogens is 1. The van der Waals surface area contributed by atoms with E-state index in [4.69, 9.17) is 0 Å². The van der Waals surface area contributed by atoms with Gasteiger partial charge in [0.1, 0.15) is 0 Å². The molecule has 0 bridgehead atoms. The van der Waals surface area contributed by atoms with Crippen LogP contribution in [0.15, 0.2) is 64.1 Å². The maximum atomic E-state index is 12.8. The summed E-state index contributed by atoms with van der Waals surface area (Å²) in [6.45, 7) is 1.38. The van der Waals surface area contributed by atoms with Crippen LogP contribution in [-0.2, 0) is 16.6 Å². The molecule has 2 heterocycles. The van der Waals surface area contributed by atoms with E-state index in [0.717, 1.165) is 29.7 Å². The number of nitrogens with zero attached hydrogens (tertiary/aromatic N) is 2. The fraction of sp³-hybridized carbons (Fsp3) is 0.238. The molecule has 1 aliphatic heterocycles. The van der Waals surface area contributed by atoms with Gasteiger partial charge >= 0.3 is 0 Å². The van der Waals surface area contributed by atoms with E-state index < -0.39 is 10.0 Å². The van der Waals surface area contributed by atoms with Crippen LogP contribution in [0.2, 0.25) is 0 Å². The van der Waals surface area contributed by atoms with Gasteiger partial charge in [-0.15, -0.1) is 0 Å². The van der Waals surface area contributed by atoms with Crippen LogP contribution < -0.4 is 5.32 Å². The fourth-order valence-electron chi connectivity index (χ4n) is 3.41. The molecule has 1 amide bonds. The topological polar surface area (TPSA) is 95.2 Å². The second kappa shape index (κ2) is 8.71. The molecule has 0 aliphatic carbocycles. The van der Waals surface area contributed by atoms with Gasteiger partial charge in [0.25, 0.3) is 5.91 Å². The van der Waals surface area contributed by atoms with Gasteiger partial charge in [0.2, 0.25) is 10.0 Å². The molecule has 1 saturated heterocycles. The van der Waals surface area contributed by atoms with Crippen molar-refractivity contribution in [2.45, 2.75) is 24.3 Å². The molecule has 4 rings (SSSR count). The van der Waals surface area contributed by atoms with Crippen molar-refractivity contribution in [2.75, 3.05) is 13.1 Å². The second-order valence-electron chi connectivity index (χ2n) is 7.10. The van der Waals surface area contributed by atoms with Crippen molar-refractivity contribution in [2.24, 2.45) is 0 Å². The molecule has 0 unspecified atom stereocenters. The Morgan fingerprint density at radius 1 is 1.10 bits per heavy atom. The molecule has 7 nitrogen and oxygen atoms in total. The molecule has 1 fully saturated rings. The van der Waals surface area contributed by atoms with Crippen LogP contribution in [0.5, 0.6) is 0 Å². The summed E-state index contributed by atoms with van der Waals surface area (Å²) in [4.78, 5) is 12.9. The summed E-state index contributed by atoms with van der Waals surface area (Å²) in [6.07, 6.45) is 3.42. The first-order valence-corrected chi connectivity index (χ1v) is 11.8. The third-order valence-electron chi connectivity index (χ3n) is 5.10. The zero-order valence-electron chi connectivity index (χ0n) is 16.1. The summed E-state index contributed by atoms with van der Waals surface area (Å²) in [5.41, 5.74) is 3.16.